The van der Waals surface area contributed by atoms with Gasteiger partial charge < -0.3 is 20.3 Å². The maximum absolute atomic E-state index is 11.5. The van der Waals surface area contributed by atoms with E-state index in [1.54, 1.807) is 0 Å². The van der Waals surface area contributed by atoms with Crippen molar-refractivity contribution in [3.05, 3.63) is 5.21 Å². The van der Waals surface area contributed by atoms with Gasteiger partial charge in [0.25, 0.3) is 5.91 Å². The molecule has 0 aromatic heterocycles. The minimum Gasteiger partial charge on any atom is -0.630 e. The average molecular weight is 160 g/mol. The van der Waals surface area contributed by atoms with Gasteiger partial charge in [-0.3, -0.25) is 4.79 Å². The van der Waals surface area contributed by atoms with Crippen LogP contribution < -0.4 is 5.32 Å². The normalized spacial score (nSPS) is 34.6. The molecule has 1 fully saturated rings. The number of carbonyl (C=O) groups is 1. The van der Waals surface area contributed by atoms with E-state index in [4.69, 9.17) is 5.11 Å². The highest BCUT2D eigenvalue weighted by Gasteiger charge is 2.29. The Balaban J connectivity index is 2.62. The average Bonchev–Trinajstić information content (AvgIpc) is 1.86. The molecule has 1 heterocycles. The van der Waals surface area contributed by atoms with Crippen LogP contribution in [0.1, 0.15) is 6.92 Å². The number of nitrogens with zero attached hydrogens (tertiary/aromatic N) is 1. The molecule has 1 aliphatic rings. The third-order valence-electron chi connectivity index (χ3n) is 1.90. The molecule has 0 aromatic rings. The highest BCUT2D eigenvalue weighted by Crippen LogP contribution is 2.10. The highest BCUT2D eigenvalue weighted by molar-refractivity contribution is 5.77. The highest BCUT2D eigenvalue weighted by atomic mass is 16.6. The first-order valence-corrected chi connectivity index (χ1v) is 3.57. The smallest absolute Gasteiger partial charge is 0.275 e. The van der Waals surface area contributed by atoms with Gasteiger partial charge in [-0.15, -0.1) is 0 Å². The number of hydrogen-bond acceptors (Lipinski definition) is 3. The number of amides is 1. The molecule has 0 aliphatic carbocycles. The lowest BCUT2D eigenvalue weighted by Gasteiger charge is -2.46. The van der Waals surface area contributed by atoms with Crippen LogP contribution in [-0.4, -0.2) is 41.5 Å². The lowest BCUT2D eigenvalue weighted by Crippen LogP contribution is -2.61. The van der Waals surface area contributed by atoms with Crippen molar-refractivity contribution in [2.75, 3.05) is 19.6 Å². The van der Waals surface area contributed by atoms with Crippen LogP contribution >= 0.6 is 0 Å². The fourth-order valence-corrected chi connectivity index (χ4v) is 1.08. The molecule has 5 nitrogen and oxygen atoms in total. The molecule has 1 aliphatic heterocycles. The largest absolute Gasteiger partial charge is 0.630 e. The quantitative estimate of drug-likeness (QED) is 0.372. The Morgan fingerprint density at radius 3 is 2.82 bits per heavy atom. The summed E-state index contributed by atoms with van der Waals surface area (Å²) >= 11 is 0. The summed E-state index contributed by atoms with van der Waals surface area (Å²) in [7, 11) is 0. The maximum atomic E-state index is 11.5. The summed E-state index contributed by atoms with van der Waals surface area (Å²) in [5.41, 5.74) is 0. The lowest BCUT2D eigenvalue weighted by molar-refractivity contribution is -0.919. The molecule has 2 N–H and O–H groups in total. The molecule has 1 amide bonds. The number of piperazine rings is 1. The Morgan fingerprint density at radius 1 is 1.82 bits per heavy atom. The number of quaternary nitrogens is 1. The monoisotopic (exact) mass is 160 g/mol. The molecule has 1 rings (SSSR count). The second kappa shape index (κ2) is 2.77. The van der Waals surface area contributed by atoms with Gasteiger partial charge in [-0.05, 0) is 0 Å². The van der Waals surface area contributed by atoms with Crippen molar-refractivity contribution in [1.29, 1.82) is 0 Å². The van der Waals surface area contributed by atoms with E-state index >= 15 is 0 Å². The summed E-state index contributed by atoms with van der Waals surface area (Å²) < 4.78 is -0.814. The van der Waals surface area contributed by atoms with Gasteiger partial charge in [0.2, 0.25) is 0 Å². The van der Waals surface area contributed by atoms with Crippen LogP contribution in [0.25, 0.3) is 0 Å². The van der Waals surface area contributed by atoms with Crippen molar-refractivity contribution in [3.8, 4) is 0 Å². The number of nitrogens with one attached hydrogen (secondary N) is 1. The predicted octanol–water partition coefficient (Wildman–Crippen LogP) is -1.23. The number of aliphatic hydroxyl groups is 1. The van der Waals surface area contributed by atoms with E-state index in [9.17, 15) is 10.0 Å². The van der Waals surface area contributed by atoms with Crippen molar-refractivity contribution >= 4 is 5.91 Å². The van der Waals surface area contributed by atoms with Gasteiger partial charge in [0.1, 0.15) is 0 Å². The second-order valence-corrected chi connectivity index (χ2v) is 2.82. The van der Waals surface area contributed by atoms with Crippen LogP contribution in [0, 0.1) is 5.21 Å². The van der Waals surface area contributed by atoms with Crippen molar-refractivity contribution in [2.24, 2.45) is 0 Å². The van der Waals surface area contributed by atoms with Gasteiger partial charge >= 0.3 is 0 Å². The number of carbonyl (C=O) groups excluding carboxylic acids is 1. The van der Waals surface area contributed by atoms with E-state index in [1.807, 2.05) is 0 Å². The number of rotatable bonds is 1. The molecule has 0 saturated carbocycles. The number of hydrogen-bond donors (Lipinski definition) is 2. The lowest BCUT2D eigenvalue weighted by atomic mass is 10.3. The fraction of sp³-hybridized carbons (Fsp3) is 0.833. The van der Waals surface area contributed by atoms with E-state index in [1.165, 1.54) is 6.92 Å². The zero-order valence-electron chi connectivity index (χ0n) is 6.41. The number of aliphatic hydroxyl groups excluding tert-OH is 1. The summed E-state index contributed by atoms with van der Waals surface area (Å²) in [5, 5.41) is 23.0. The minimum absolute atomic E-state index is 0.169. The van der Waals surface area contributed by atoms with Gasteiger partial charge in [0, 0.05) is 6.92 Å². The second-order valence-electron chi connectivity index (χ2n) is 2.82. The summed E-state index contributed by atoms with van der Waals surface area (Å²) in [5.74, 6) is -0.285. The van der Waals surface area contributed by atoms with Crippen molar-refractivity contribution in [3.63, 3.8) is 0 Å². The zero-order chi connectivity index (χ0) is 8.48. The molecule has 5 heteroatoms. The summed E-state index contributed by atoms with van der Waals surface area (Å²) in [6.07, 6.45) is -1.01. The summed E-state index contributed by atoms with van der Waals surface area (Å²) in [6.45, 7) is 1.85. The van der Waals surface area contributed by atoms with Crippen LogP contribution in [0.3, 0.4) is 0 Å². The van der Waals surface area contributed by atoms with E-state index in [0.717, 1.165) is 0 Å². The van der Waals surface area contributed by atoms with Gasteiger partial charge in [-0.1, -0.05) is 0 Å². The molecule has 0 spiro atoms. The fourth-order valence-electron chi connectivity index (χ4n) is 1.08. The van der Waals surface area contributed by atoms with E-state index in [-0.39, 0.29) is 19.0 Å². The molecular weight excluding hydrogens is 148 g/mol. The van der Waals surface area contributed by atoms with Crippen molar-refractivity contribution in [1.82, 2.24) is 5.32 Å². The van der Waals surface area contributed by atoms with Crippen LogP contribution in [0.15, 0.2) is 0 Å². The Morgan fingerprint density at radius 2 is 2.45 bits per heavy atom. The van der Waals surface area contributed by atoms with Gasteiger partial charge in [0.15, 0.2) is 12.8 Å². The SMILES string of the molecule is CC(O)[N+]1([O-])CCNC(=O)C1. The van der Waals surface area contributed by atoms with Gasteiger partial charge in [-0.2, -0.15) is 0 Å². The topological polar surface area (TPSA) is 72.4 Å². The zero-order valence-corrected chi connectivity index (χ0v) is 6.41. The van der Waals surface area contributed by atoms with Crippen LogP contribution in [0.5, 0.6) is 0 Å². The number of hydroxylamine groups is 3. The first-order valence-electron chi connectivity index (χ1n) is 3.57. The molecule has 64 valence electrons. The molecular formula is C6H12N2O3. The van der Waals surface area contributed by atoms with Crippen LogP contribution in [0.4, 0.5) is 0 Å². The molecule has 0 aromatic carbocycles. The van der Waals surface area contributed by atoms with Crippen molar-refractivity contribution in [2.45, 2.75) is 13.2 Å². The Bertz CT molecular complexity index is 171. The van der Waals surface area contributed by atoms with E-state index in [0.29, 0.717) is 6.54 Å². The van der Waals surface area contributed by atoms with E-state index < -0.39 is 10.9 Å². The Kier molecular flexibility index (Phi) is 2.12. The third-order valence-corrected chi connectivity index (χ3v) is 1.90. The summed E-state index contributed by atoms with van der Waals surface area (Å²) in [6, 6.07) is 0. The molecule has 11 heavy (non-hydrogen) atoms. The first kappa shape index (κ1) is 8.45. The first-order chi connectivity index (χ1) is 5.04. The maximum Gasteiger partial charge on any atom is 0.275 e. The predicted molar refractivity (Wildman–Crippen MR) is 38.1 cm³/mol. The standard InChI is InChI=1S/C6H12N2O3/c1-5(9)8(11)3-2-7-6(10)4-8/h5,9H,2-4H2,1H3,(H,7,10). The Hall–Kier alpha value is -0.650. The van der Waals surface area contributed by atoms with Crippen molar-refractivity contribution < 1.29 is 14.5 Å². The van der Waals surface area contributed by atoms with Crippen LogP contribution in [-0.2, 0) is 4.79 Å². The van der Waals surface area contributed by atoms with Gasteiger partial charge in [0.05, 0.1) is 13.1 Å². The molecule has 0 bridgehead atoms. The molecule has 1 saturated heterocycles. The van der Waals surface area contributed by atoms with E-state index in [2.05, 4.69) is 5.32 Å². The Labute approximate surface area is 64.8 Å². The molecule has 2 atom stereocenters. The molecule has 0 radical (unpaired) electrons. The molecule has 2 unspecified atom stereocenters. The van der Waals surface area contributed by atoms with Gasteiger partial charge in [-0.25, -0.2) is 0 Å². The summed E-state index contributed by atoms with van der Waals surface area (Å²) in [4.78, 5) is 10.7. The van der Waals surface area contributed by atoms with Crippen LogP contribution in [0.2, 0.25) is 0 Å². The third kappa shape index (κ3) is 1.68. The minimum atomic E-state index is -1.01.